The van der Waals surface area contributed by atoms with Gasteiger partial charge in [-0.3, -0.25) is 9.78 Å². The number of benzene rings is 1. The van der Waals surface area contributed by atoms with Gasteiger partial charge in [0.25, 0.3) is 5.91 Å². The number of hydrogen-bond donors (Lipinski definition) is 3. The summed E-state index contributed by atoms with van der Waals surface area (Å²) in [4.78, 5) is 25.0. The van der Waals surface area contributed by atoms with E-state index in [2.05, 4.69) is 25.6 Å². The van der Waals surface area contributed by atoms with Crippen molar-refractivity contribution >= 4 is 29.0 Å². The Hall–Kier alpha value is -3.10. The van der Waals surface area contributed by atoms with E-state index in [1.807, 2.05) is 6.92 Å². The molecule has 9 heteroatoms. The van der Waals surface area contributed by atoms with Gasteiger partial charge in [-0.2, -0.15) is 0 Å². The number of rotatable bonds is 8. The van der Waals surface area contributed by atoms with Crippen LogP contribution in [0, 0.1) is 5.82 Å². The summed E-state index contributed by atoms with van der Waals surface area (Å²) in [7, 11) is 0. The Morgan fingerprint density at radius 2 is 2.06 bits per heavy atom. The predicted molar refractivity (Wildman–Crippen MR) is 118 cm³/mol. The van der Waals surface area contributed by atoms with Crippen molar-refractivity contribution in [3.8, 4) is 11.3 Å². The SMILES string of the molecule is CCCc1cnc(-c2cc(Cl)ccc2F)cc1Nc1ncncc1C(=O)NCC(C)O. The number of amides is 1. The predicted octanol–water partition coefficient (Wildman–Crippen LogP) is 4.14. The van der Waals surface area contributed by atoms with Crippen LogP contribution in [0.2, 0.25) is 5.02 Å². The van der Waals surface area contributed by atoms with E-state index >= 15 is 0 Å². The van der Waals surface area contributed by atoms with E-state index in [0.717, 1.165) is 18.4 Å². The number of nitrogens with one attached hydrogen (secondary N) is 2. The molecule has 1 atom stereocenters. The largest absolute Gasteiger partial charge is 0.392 e. The molecule has 0 bridgehead atoms. The molecule has 0 aliphatic rings. The average molecular weight is 444 g/mol. The summed E-state index contributed by atoms with van der Waals surface area (Å²) in [6, 6.07) is 5.99. The number of halogens is 2. The minimum absolute atomic E-state index is 0.0989. The zero-order chi connectivity index (χ0) is 22.4. The zero-order valence-electron chi connectivity index (χ0n) is 17.2. The van der Waals surface area contributed by atoms with Crippen LogP contribution >= 0.6 is 11.6 Å². The molecule has 0 aliphatic heterocycles. The number of pyridine rings is 1. The molecule has 0 fully saturated rings. The van der Waals surface area contributed by atoms with Crippen molar-refractivity contribution in [1.82, 2.24) is 20.3 Å². The van der Waals surface area contributed by atoms with E-state index in [9.17, 15) is 14.3 Å². The maximum atomic E-state index is 14.4. The molecule has 1 aromatic carbocycles. The van der Waals surface area contributed by atoms with Crippen molar-refractivity contribution in [3.05, 3.63) is 65.0 Å². The third-order valence-corrected chi connectivity index (χ3v) is 4.71. The van der Waals surface area contributed by atoms with Crippen LogP contribution in [0.15, 0.2) is 43.0 Å². The third kappa shape index (κ3) is 5.74. The Bertz CT molecular complexity index is 1080. The lowest BCUT2D eigenvalue weighted by atomic mass is 10.1. The molecule has 0 saturated carbocycles. The van der Waals surface area contributed by atoms with Crippen LogP contribution in [0.4, 0.5) is 15.9 Å². The number of hydrogen-bond acceptors (Lipinski definition) is 6. The molecule has 0 saturated heterocycles. The second-order valence-electron chi connectivity index (χ2n) is 7.07. The highest BCUT2D eigenvalue weighted by Crippen LogP contribution is 2.30. The summed E-state index contributed by atoms with van der Waals surface area (Å²) in [5.74, 6) is -0.568. The molecule has 162 valence electrons. The molecule has 1 unspecified atom stereocenters. The van der Waals surface area contributed by atoms with Crippen molar-refractivity contribution < 1.29 is 14.3 Å². The Balaban J connectivity index is 1.99. The van der Waals surface area contributed by atoms with Gasteiger partial charge < -0.3 is 15.7 Å². The van der Waals surface area contributed by atoms with Crippen LogP contribution in [-0.2, 0) is 6.42 Å². The summed E-state index contributed by atoms with van der Waals surface area (Å²) in [6.07, 6.45) is 5.30. The van der Waals surface area contributed by atoms with E-state index in [0.29, 0.717) is 22.2 Å². The van der Waals surface area contributed by atoms with Gasteiger partial charge in [-0.25, -0.2) is 14.4 Å². The van der Waals surface area contributed by atoms with Gasteiger partial charge in [-0.1, -0.05) is 24.9 Å². The van der Waals surface area contributed by atoms with E-state index in [1.165, 1.54) is 30.7 Å². The van der Waals surface area contributed by atoms with Crippen LogP contribution in [0.25, 0.3) is 11.3 Å². The molecule has 0 spiro atoms. The standard InChI is InChI=1S/C22H23ClFN5O2/c1-3-4-14-10-26-20(16-7-15(23)5-6-18(16)24)8-19(14)29-21-17(11-25-12-28-21)22(31)27-9-13(2)30/h5-8,10-13,30H,3-4,9H2,1-2H3,(H,27,31)(H,25,26,28,29). The van der Waals surface area contributed by atoms with Gasteiger partial charge in [0, 0.05) is 35.2 Å². The monoisotopic (exact) mass is 443 g/mol. The molecular formula is C22H23ClFN5O2. The Morgan fingerprint density at radius 1 is 1.26 bits per heavy atom. The lowest BCUT2D eigenvalue weighted by molar-refractivity contribution is 0.0924. The molecule has 2 aromatic heterocycles. The summed E-state index contributed by atoms with van der Waals surface area (Å²) in [5.41, 5.74) is 2.43. The lowest BCUT2D eigenvalue weighted by Crippen LogP contribution is -2.31. The van der Waals surface area contributed by atoms with Gasteiger partial charge in [0.05, 0.1) is 11.8 Å². The fraction of sp³-hybridized carbons (Fsp3) is 0.273. The summed E-state index contributed by atoms with van der Waals surface area (Å²) in [5, 5.41) is 15.6. The number of aliphatic hydroxyl groups excluding tert-OH is 1. The number of aryl methyl sites for hydroxylation is 1. The Kier molecular flexibility index (Phi) is 7.49. The first kappa shape index (κ1) is 22.6. The number of aromatic nitrogens is 3. The third-order valence-electron chi connectivity index (χ3n) is 4.48. The van der Waals surface area contributed by atoms with Gasteiger partial charge in [0.15, 0.2) is 0 Å². The molecule has 3 aromatic rings. The number of carbonyl (C=O) groups excluding carboxylic acids is 1. The van der Waals surface area contributed by atoms with E-state index in [1.54, 1.807) is 19.2 Å². The normalized spacial score (nSPS) is 11.8. The highest BCUT2D eigenvalue weighted by molar-refractivity contribution is 6.30. The van der Waals surface area contributed by atoms with Crippen LogP contribution in [0.3, 0.4) is 0 Å². The first-order valence-electron chi connectivity index (χ1n) is 9.86. The number of carbonyl (C=O) groups is 1. The van der Waals surface area contributed by atoms with Crippen LogP contribution in [0.5, 0.6) is 0 Å². The van der Waals surface area contributed by atoms with E-state index in [4.69, 9.17) is 11.6 Å². The molecule has 0 aliphatic carbocycles. The van der Waals surface area contributed by atoms with Crippen molar-refractivity contribution in [1.29, 1.82) is 0 Å². The highest BCUT2D eigenvalue weighted by Gasteiger charge is 2.16. The molecule has 3 N–H and O–H groups in total. The molecule has 0 radical (unpaired) electrons. The van der Waals surface area contributed by atoms with Gasteiger partial charge in [0.1, 0.15) is 23.5 Å². The van der Waals surface area contributed by atoms with Gasteiger partial charge in [0.2, 0.25) is 0 Å². The summed E-state index contributed by atoms with van der Waals surface area (Å²) >= 11 is 6.04. The van der Waals surface area contributed by atoms with Gasteiger partial charge in [-0.05, 0) is 43.2 Å². The van der Waals surface area contributed by atoms with Gasteiger partial charge >= 0.3 is 0 Å². The van der Waals surface area contributed by atoms with Crippen molar-refractivity contribution in [3.63, 3.8) is 0 Å². The molecule has 3 rings (SSSR count). The fourth-order valence-corrected chi connectivity index (χ4v) is 3.14. The quantitative estimate of drug-likeness (QED) is 0.484. The van der Waals surface area contributed by atoms with Crippen molar-refractivity contribution in [2.24, 2.45) is 0 Å². The maximum Gasteiger partial charge on any atom is 0.256 e. The molecule has 31 heavy (non-hydrogen) atoms. The second kappa shape index (κ2) is 10.3. The highest BCUT2D eigenvalue weighted by atomic mass is 35.5. The topological polar surface area (TPSA) is 100 Å². The maximum absolute atomic E-state index is 14.4. The van der Waals surface area contributed by atoms with E-state index < -0.39 is 17.8 Å². The molecule has 7 nitrogen and oxygen atoms in total. The number of anilines is 2. The minimum Gasteiger partial charge on any atom is -0.392 e. The second-order valence-corrected chi connectivity index (χ2v) is 7.51. The van der Waals surface area contributed by atoms with Crippen LogP contribution in [0.1, 0.15) is 36.2 Å². The summed E-state index contributed by atoms with van der Waals surface area (Å²) < 4.78 is 14.4. The molecule has 1 amide bonds. The van der Waals surface area contributed by atoms with Crippen LogP contribution < -0.4 is 10.6 Å². The first-order chi connectivity index (χ1) is 14.9. The molecular weight excluding hydrogens is 421 g/mol. The Morgan fingerprint density at radius 3 is 2.81 bits per heavy atom. The van der Waals surface area contributed by atoms with Crippen LogP contribution in [-0.4, -0.2) is 38.6 Å². The van der Waals surface area contributed by atoms with Crippen molar-refractivity contribution in [2.75, 3.05) is 11.9 Å². The molecule has 2 heterocycles. The first-order valence-corrected chi connectivity index (χ1v) is 10.2. The Labute approximate surface area is 184 Å². The average Bonchev–Trinajstić information content (AvgIpc) is 2.75. The van der Waals surface area contributed by atoms with E-state index in [-0.39, 0.29) is 17.7 Å². The smallest absolute Gasteiger partial charge is 0.256 e. The lowest BCUT2D eigenvalue weighted by Gasteiger charge is -2.15. The zero-order valence-corrected chi connectivity index (χ0v) is 17.9. The van der Waals surface area contributed by atoms with Crippen molar-refractivity contribution in [2.45, 2.75) is 32.8 Å². The number of aliphatic hydroxyl groups is 1. The minimum atomic E-state index is -0.684. The number of nitrogens with zero attached hydrogens (tertiary/aromatic N) is 3. The van der Waals surface area contributed by atoms with Gasteiger partial charge in [-0.15, -0.1) is 0 Å². The fourth-order valence-electron chi connectivity index (χ4n) is 2.97. The summed E-state index contributed by atoms with van der Waals surface area (Å²) in [6.45, 7) is 3.71.